The Kier molecular flexibility index (Phi) is 8.67. The number of hydrogen-bond acceptors (Lipinski definition) is 11. The fourth-order valence-electron chi connectivity index (χ4n) is 5.31. The normalized spacial score (nSPS) is 25.3. The Morgan fingerprint density at radius 2 is 1.78 bits per heavy atom. The van der Waals surface area contributed by atoms with Crippen LogP contribution in [0.5, 0.6) is 0 Å². The standard InChI is InChI=1S/C31H47N7O6Si/c1-12-13-14-31(35-36-31)15-16-37(27(39)44-28(2,3)4)24-21-25(33-18-32-24)38(19-34-21)26-23-22(42-30(8,9)43-23)20(41-26)17-40-45(10,11)29(5,6)7/h1,18-20,22-23,26H,13-17H2,2-11H3/t20-,22?,23?,26-/m0/s1. The van der Waals surface area contributed by atoms with E-state index in [1.54, 1.807) is 6.33 Å². The van der Waals surface area contributed by atoms with Crippen molar-refractivity contribution in [1.82, 2.24) is 19.5 Å². The number of aromatic nitrogens is 4. The van der Waals surface area contributed by atoms with E-state index in [2.05, 4.69) is 65.0 Å². The minimum atomic E-state index is -2.05. The molecule has 3 aliphatic heterocycles. The molecule has 0 spiro atoms. The monoisotopic (exact) mass is 641 g/mol. The van der Waals surface area contributed by atoms with E-state index in [-0.39, 0.29) is 23.8 Å². The van der Waals surface area contributed by atoms with Gasteiger partial charge in [-0.3, -0.25) is 9.47 Å². The summed E-state index contributed by atoms with van der Waals surface area (Å²) in [5.74, 6) is 2.16. The summed E-state index contributed by atoms with van der Waals surface area (Å²) in [6.07, 6.45) is 7.85. The number of rotatable bonds is 10. The molecule has 0 aromatic carbocycles. The topological polar surface area (TPSA) is 135 Å². The van der Waals surface area contributed by atoms with Crippen molar-refractivity contribution in [3.63, 3.8) is 0 Å². The van der Waals surface area contributed by atoms with Crippen LogP contribution < -0.4 is 4.90 Å². The third-order valence-corrected chi connectivity index (χ3v) is 13.3. The summed E-state index contributed by atoms with van der Waals surface area (Å²) in [4.78, 5) is 28.8. The molecule has 0 radical (unpaired) electrons. The van der Waals surface area contributed by atoms with Crippen LogP contribution in [0.4, 0.5) is 10.6 Å². The van der Waals surface area contributed by atoms with Gasteiger partial charge in [-0.2, -0.15) is 10.2 Å². The van der Waals surface area contributed by atoms with Gasteiger partial charge in [0.05, 0.1) is 12.9 Å². The van der Waals surface area contributed by atoms with Crippen LogP contribution in [0.1, 0.15) is 80.9 Å². The summed E-state index contributed by atoms with van der Waals surface area (Å²) < 4.78 is 33.5. The van der Waals surface area contributed by atoms with Gasteiger partial charge in [0.2, 0.25) is 0 Å². The summed E-state index contributed by atoms with van der Waals surface area (Å²) in [6, 6.07) is 0. The molecule has 2 fully saturated rings. The molecule has 1 amide bonds. The molecule has 246 valence electrons. The van der Waals surface area contributed by atoms with Crippen molar-refractivity contribution in [2.24, 2.45) is 10.2 Å². The van der Waals surface area contributed by atoms with E-state index in [1.165, 1.54) is 11.2 Å². The fraction of sp³-hybridized carbons (Fsp3) is 0.742. The number of imidazole rings is 1. The molecule has 3 aliphatic rings. The van der Waals surface area contributed by atoms with Gasteiger partial charge in [0.15, 0.2) is 43.0 Å². The van der Waals surface area contributed by atoms with Crippen LogP contribution in [0, 0.1) is 12.3 Å². The zero-order valence-electron chi connectivity index (χ0n) is 28.2. The number of amides is 1. The molecule has 0 bridgehead atoms. The van der Waals surface area contributed by atoms with Crippen molar-refractivity contribution < 1.29 is 28.2 Å². The van der Waals surface area contributed by atoms with Gasteiger partial charge in [0, 0.05) is 25.8 Å². The van der Waals surface area contributed by atoms with E-state index in [0.717, 1.165) is 0 Å². The van der Waals surface area contributed by atoms with Crippen LogP contribution in [0.25, 0.3) is 11.2 Å². The number of terminal acetylenes is 1. The Balaban J connectivity index is 1.44. The average Bonchev–Trinajstić information content (AvgIpc) is 3.26. The molecule has 5 rings (SSSR count). The number of carbonyl (C=O) groups excluding carboxylic acids is 1. The molecule has 5 heterocycles. The van der Waals surface area contributed by atoms with E-state index in [0.29, 0.717) is 42.9 Å². The molecule has 2 unspecified atom stereocenters. The maximum Gasteiger partial charge on any atom is 0.416 e. The Bertz CT molecular complexity index is 1480. The van der Waals surface area contributed by atoms with Crippen LogP contribution in [0.3, 0.4) is 0 Å². The third-order valence-electron chi connectivity index (χ3n) is 8.81. The third kappa shape index (κ3) is 7.07. The molecule has 0 aliphatic carbocycles. The van der Waals surface area contributed by atoms with Crippen LogP contribution in [-0.4, -0.2) is 82.4 Å². The van der Waals surface area contributed by atoms with Gasteiger partial charge in [-0.15, -0.1) is 12.3 Å². The highest BCUT2D eigenvalue weighted by Crippen LogP contribution is 2.45. The summed E-state index contributed by atoms with van der Waals surface area (Å²) in [7, 11) is -2.05. The molecule has 45 heavy (non-hydrogen) atoms. The Hall–Kier alpha value is -2.96. The maximum absolute atomic E-state index is 13.5. The summed E-state index contributed by atoms with van der Waals surface area (Å²) in [6.45, 7) is 20.9. The van der Waals surface area contributed by atoms with E-state index in [4.69, 9.17) is 29.8 Å². The minimum absolute atomic E-state index is 0.0488. The second-order valence-electron chi connectivity index (χ2n) is 15.0. The second-order valence-corrected chi connectivity index (χ2v) is 19.8. The zero-order valence-corrected chi connectivity index (χ0v) is 29.2. The lowest BCUT2D eigenvalue weighted by atomic mass is 10.0. The Morgan fingerprint density at radius 1 is 1.09 bits per heavy atom. The van der Waals surface area contributed by atoms with Crippen molar-refractivity contribution in [2.75, 3.05) is 18.1 Å². The van der Waals surface area contributed by atoms with Gasteiger partial charge in [0.1, 0.15) is 30.2 Å². The lowest BCUT2D eigenvalue weighted by Crippen LogP contribution is -2.44. The number of nitrogens with zero attached hydrogens (tertiary/aromatic N) is 7. The highest BCUT2D eigenvalue weighted by atomic mass is 28.4. The molecule has 13 nitrogen and oxygen atoms in total. The molecular weight excluding hydrogens is 594 g/mol. The first kappa shape index (κ1) is 33.4. The molecule has 4 atom stereocenters. The average molecular weight is 642 g/mol. The molecule has 2 saturated heterocycles. The number of anilines is 1. The largest absolute Gasteiger partial charge is 0.443 e. The van der Waals surface area contributed by atoms with Gasteiger partial charge in [-0.1, -0.05) is 20.8 Å². The summed E-state index contributed by atoms with van der Waals surface area (Å²) in [5, 5.41) is 8.51. The van der Waals surface area contributed by atoms with E-state index in [1.807, 2.05) is 39.2 Å². The molecule has 2 aromatic heterocycles. The van der Waals surface area contributed by atoms with Crippen LogP contribution in [-0.2, 0) is 23.4 Å². The predicted octanol–water partition coefficient (Wildman–Crippen LogP) is 5.97. The lowest BCUT2D eigenvalue weighted by molar-refractivity contribution is -0.199. The van der Waals surface area contributed by atoms with Crippen LogP contribution >= 0.6 is 0 Å². The van der Waals surface area contributed by atoms with E-state index >= 15 is 0 Å². The molecular formula is C31H47N7O6Si. The van der Waals surface area contributed by atoms with Crippen molar-refractivity contribution in [3.8, 4) is 12.3 Å². The number of carbonyl (C=O) groups is 1. The Labute approximate surface area is 266 Å². The van der Waals surface area contributed by atoms with Gasteiger partial charge >= 0.3 is 6.09 Å². The van der Waals surface area contributed by atoms with Gasteiger partial charge in [-0.05, 0) is 52.8 Å². The van der Waals surface area contributed by atoms with Crippen LogP contribution in [0.2, 0.25) is 18.1 Å². The van der Waals surface area contributed by atoms with E-state index in [9.17, 15) is 4.79 Å². The quantitative estimate of drug-likeness (QED) is 0.227. The SMILES string of the molecule is C#CCCC1(CCN(C(=O)OC(C)(C)C)c2ncnc3c2ncn3[C@H]2O[C@@H](CO[Si](C)(C)C(C)(C)C)C3OC(C)(C)OC32)N=N1. The first-order valence-electron chi connectivity index (χ1n) is 15.6. The highest BCUT2D eigenvalue weighted by molar-refractivity contribution is 6.74. The summed E-state index contributed by atoms with van der Waals surface area (Å²) in [5.41, 5.74) is -0.416. The summed E-state index contributed by atoms with van der Waals surface area (Å²) >= 11 is 0. The fourth-order valence-corrected chi connectivity index (χ4v) is 6.32. The molecule has 0 N–H and O–H groups in total. The van der Waals surface area contributed by atoms with Gasteiger partial charge in [0.25, 0.3) is 0 Å². The van der Waals surface area contributed by atoms with E-state index < -0.39 is 43.8 Å². The second kappa shape index (κ2) is 11.7. The van der Waals surface area contributed by atoms with Gasteiger partial charge < -0.3 is 23.4 Å². The minimum Gasteiger partial charge on any atom is -0.443 e. The predicted molar refractivity (Wildman–Crippen MR) is 170 cm³/mol. The zero-order chi connectivity index (χ0) is 33.0. The number of fused-ring (bicyclic) bond motifs is 2. The van der Waals surface area contributed by atoms with Crippen LogP contribution in [0.15, 0.2) is 22.9 Å². The lowest BCUT2D eigenvalue weighted by Gasteiger charge is -2.37. The molecule has 14 heteroatoms. The van der Waals surface area contributed by atoms with Crippen molar-refractivity contribution >= 4 is 31.4 Å². The number of ether oxygens (including phenoxy) is 4. The molecule has 2 aromatic rings. The maximum atomic E-state index is 13.5. The number of hydrogen-bond donors (Lipinski definition) is 0. The van der Waals surface area contributed by atoms with Crippen molar-refractivity contribution in [3.05, 3.63) is 12.7 Å². The highest BCUT2D eigenvalue weighted by Gasteiger charge is 2.57. The van der Waals surface area contributed by atoms with Gasteiger partial charge in [-0.25, -0.2) is 19.7 Å². The first-order valence-corrected chi connectivity index (χ1v) is 18.5. The first-order chi connectivity index (χ1) is 20.9. The Morgan fingerprint density at radius 3 is 2.40 bits per heavy atom. The van der Waals surface area contributed by atoms with Crippen molar-refractivity contribution in [2.45, 2.75) is 134 Å². The smallest absolute Gasteiger partial charge is 0.416 e. The molecule has 0 saturated carbocycles. The van der Waals surface area contributed by atoms with Crippen molar-refractivity contribution in [1.29, 1.82) is 0 Å².